The highest BCUT2D eigenvalue weighted by Gasteiger charge is 2.38. The van der Waals surface area contributed by atoms with Gasteiger partial charge in [0.2, 0.25) is 0 Å². The molecule has 1 aromatic heterocycles. The van der Waals surface area contributed by atoms with E-state index in [1.54, 1.807) is 12.5 Å². The lowest BCUT2D eigenvalue weighted by Gasteiger charge is -2.34. The molecule has 2 heterocycles. The zero-order chi connectivity index (χ0) is 21.1. The van der Waals surface area contributed by atoms with Gasteiger partial charge in [0, 0.05) is 31.0 Å². The van der Waals surface area contributed by atoms with E-state index in [9.17, 15) is 17.2 Å². The number of halogens is 2. The number of nitrogens with zero attached hydrogens (tertiary/aromatic N) is 3. The average molecular weight is 439 g/mol. The monoisotopic (exact) mass is 438 g/mol. The first kappa shape index (κ1) is 21.2. The molecule has 1 aliphatic heterocycles. The third kappa shape index (κ3) is 4.51. The van der Waals surface area contributed by atoms with Crippen LogP contribution in [0.25, 0.3) is 0 Å². The van der Waals surface area contributed by atoms with E-state index in [0.29, 0.717) is 12.5 Å². The molecule has 1 saturated carbocycles. The quantitative estimate of drug-likeness (QED) is 0.706. The molecular formula is C21H28F2N4O2S. The first-order valence-electron chi connectivity index (χ1n) is 10.5. The minimum absolute atomic E-state index is 0.0394. The van der Waals surface area contributed by atoms with E-state index in [1.807, 2.05) is 24.3 Å². The van der Waals surface area contributed by atoms with Gasteiger partial charge >= 0.3 is 5.76 Å². The van der Waals surface area contributed by atoms with E-state index in [2.05, 4.69) is 14.9 Å². The predicted octanol–water partition coefficient (Wildman–Crippen LogP) is 4.12. The molecule has 1 unspecified atom stereocenters. The Kier molecular flexibility index (Phi) is 6.38. The van der Waals surface area contributed by atoms with Crippen LogP contribution in [-0.2, 0) is 23.1 Å². The van der Waals surface area contributed by atoms with Crippen molar-refractivity contribution in [2.45, 2.75) is 63.4 Å². The normalized spacial score (nSPS) is 21.2. The van der Waals surface area contributed by atoms with Gasteiger partial charge in [-0.15, -0.1) is 0 Å². The number of imidazole rings is 1. The van der Waals surface area contributed by atoms with Gasteiger partial charge in [0.1, 0.15) is 0 Å². The number of H-pyrrole nitrogens is 1. The summed E-state index contributed by atoms with van der Waals surface area (Å²) in [6.07, 6.45) is 9.97. The Bertz CT molecular complexity index is 930. The zero-order valence-corrected chi connectivity index (χ0v) is 17.7. The fourth-order valence-electron chi connectivity index (χ4n) is 4.76. The number of hydrogen-bond donors (Lipinski definition) is 1. The summed E-state index contributed by atoms with van der Waals surface area (Å²) in [5.41, 5.74) is 2.54. The van der Waals surface area contributed by atoms with Crippen molar-refractivity contribution in [2.75, 3.05) is 11.4 Å². The number of fused-ring (bicyclic) bond motifs is 1. The third-order valence-electron chi connectivity index (χ3n) is 6.37. The van der Waals surface area contributed by atoms with E-state index in [4.69, 9.17) is 0 Å². The topological polar surface area (TPSA) is 69.3 Å². The van der Waals surface area contributed by atoms with Gasteiger partial charge in [-0.2, -0.15) is 13.1 Å². The highest BCUT2D eigenvalue weighted by molar-refractivity contribution is 7.89. The van der Waals surface area contributed by atoms with Crippen LogP contribution in [-0.4, -0.2) is 41.0 Å². The van der Waals surface area contributed by atoms with Gasteiger partial charge in [0.25, 0.3) is 10.0 Å². The first-order valence-corrected chi connectivity index (χ1v) is 12.0. The van der Waals surface area contributed by atoms with E-state index < -0.39 is 15.8 Å². The maximum Gasteiger partial charge on any atom is 0.350 e. The fourth-order valence-corrected chi connectivity index (χ4v) is 5.68. The van der Waals surface area contributed by atoms with Crippen LogP contribution in [0.5, 0.6) is 0 Å². The molecule has 0 radical (unpaired) electrons. The molecule has 2 aliphatic rings. The molecule has 0 saturated heterocycles. The highest BCUT2D eigenvalue weighted by atomic mass is 32.2. The molecule has 164 valence electrons. The van der Waals surface area contributed by atoms with Gasteiger partial charge < -0.3 is 9.88 Å². The lowest BCUT2D eigenvalue weighted by molar-refractivity contribution is 0.215. The summed E-state index contributed by atoms with van der Waals surface area (Å²) in [6.45, 7) is 0.541. The van der Waals surface area contributed by atoms with Crippen LogP contribution in [0.15, 0.2) is 36.8 Å². The number of benzene rings is 1. The number of aromatic nitrogens is 2. The molecule has 1 fully saturated rings. The Labute approximate surface area is 176 Å². The van der Waals surface area contributed by atoms with Crippen LogP contribution < -0.4 is 4.90 Å². The van der Waals surface area contributed by atoms with Crippen molar-refractivity contribution in [3.05, 3.63) is 48.0 Å². The second-order valence-corrected chi connectivity index (χ2v) is 10.2. The molecule has 6 nitrogen and oxygen atoms in total. The smallest absolute Gasteiger partial charge is 0.350 e. The summed E-state index contributed by atoms with van der Waals surface area (Å²) in [4.78, 5) is 9.36. The molecule has 30 heavy (non-hydrogen) atoms. The Morgan fingerprint density at radius 1 is 1.17 bits per heavy atom. The van der Waals surface area contributed by atoms with E-state index in [0.717, 1.165) is 34.1 Å². The van der Waals surface area contributed by atoms with Crippen molar-refractivity contribution < 1.29 is 17.2 Å². The minimum Gasteiger partial charge on any atom is -0.361 e. The van der Waals surface area contributed by atoms with E-state index >= 15 is 0 Å². The molecule has 1 atom stereocenters. The minimum atomic E-state index is -4.67. The predicted molar refractivity (Wildman–Crippen MR) is 112 cm³/mol. The second-order valence-electron chi connectivity index (χ2n) is 8.31. The lowest BCUT2D eigenvalue weighted by Crippen LogP contribution is -2.45. The van der Waals surface area contributed by atoms with Crippen LogP contribution in [0.4, 0.5) is 14.5 Å². The van der Waals surface area contributed by atoms with Gasteiger partial charge in [-0.05, 0) is 30.4 Å². The molecule has 4 rings (SSSR count). The Hall–Kier alpha value is -2.00. The number of alkyl halides is 2. The average Bonchev–Trinajstić information content (AvgIpc) is 3.40. The third-order valence-corrected chi connectivity index (χ3v) is 7.81. The van der Waals surface area contributed by atoms with Gasteiger partial charge in [-0.1, -0.05) is 43.9 Å². The number of hydrogen-bond acceptors (Lipinski definition) is 4. The van der Waals surface area contributed by atoms with Crippen LogP contribution >= 0.6 is 0 Å². The summed E-state index contributed by atoms with van der Waals surface area (Å²) in [6, 6.07) is 7.31. The number of nitrogens with one attached hydrogen (secondary N) is 1. The fraction of sp³-hybridized carbons (Fsp3) is 0.571. The SMILES string of the molecule is O=S(=O)(C(F)F)N1Cc2ccccc2N(Cc2cnc[nH]2)C(CCC2CCCC2)C1. The standard InChI is InChI=1S/C21H28F2N4O2S/c22-21(23)30(28,29)26-12-17-7-3-4-8-20(17)27(13-18-11-24-15-25-18)19(14-26)10-9-16-5-1-2-6-16/h3-4,7-8,11,15-16,19,21H,1-2,5-6,9-10,12-14H2,(H,24,25). The molecule has 1 aromatic carbocycles. The maximum absolute atomic E-state index is 13.4. The van der Waals surface area contributed by atoms with Crippen molar-refractivity contribution in [2.24, 2.45) is 5.92 Å². The molecule has 0 bridgehead atoms. The number of anilines is 1. The summed E-state index contributed by atoms with van der Waals surface area (Å²) >= 11 is 0. The van der Waals surface area contributed by atoms with Crippen molar-refractivity contribution in [1.29, 1.82) is 0 Å². The van der Waals surface area contributed by atoms with Crippen molar-refractivity contribution in [3.63, 3.8) is 0 Å². The maximum atomic E-state index is 13.4. The van der Waals surface area contributed by atoms with Gasteiger partial charge in [0.15, 0.2) is 0 Å². The van der Waals surface area contributed by atoms with Crippen LogP contribution in [0.3, 0.4) is 0 Å². The molecule has 9 heteroatoms. The van der Waals surface area contributed by atoms with Crippen LogP contribution in [0.1, 0.15) is 49.8 Å². The number of rotatable bonds is 7. The van der Waals surface area contributed by atoms with Crippen molar-refractivity contribution in [1.82, 2.24) is 14.3 Å². The molecule has 0 amide bonds. The van der Waals surface area contributed by atoms with Crippen LogP contribution in [0.2, 0.25) is 0 Å². The first-order chi connectivity index (χ1) is 14.4. The summed E-state index contributed by atoms with van der Waals surface area (Å²) < 4.78 is 52.6. The number of sulfonamides is 1. The van der Waals surface area contributed by atoms with Crippen LogP contribution in [0, 0.1) is 5.92 Å². The molecule has 2 aromatic rings. The second kappa shape index (κ2) is 9.01. The van der Waals surface area contributed by atoms with E-state index in [-0.39, 0.29) is 19.1 Å². The van der Waals surface area contributed by atoms with E-state index in [1.165, 1.54) is 25.7 Å². The Morgan fingerprint density at radius 2 is 1.93 bits per heavy atom. The number of aromatic amines is 1. The summed E-state index contributed by atoms with van der Waals surface area (Å²) in [7, 11) is -4.67. The molecule has 1 N–H and O–H groups in total. The van der Waals surface area contributed by atoms with Gasteiger partial charge in [-0.25, -0.2) is 13.4 Å². The van der Waals surface area contributed by atoms with Crippen molar-refractivity contribution in [3.8, 4) is 0 Å². The summed E-state index contributed by atoms with van der Waals surface area (Å²) in [5.74, 6) is -2.78. The highest BCUT2D eigenvalue weighted by Crippen LogP contribution is 2.35. The van der Waals surface area contributed by atoms with Crippen molar-refractivity contribution >= 4 is 15.7 Å². The molecule has 1 aliphatic carbocycles. The van der Waals surface area contributed by atoms with Gasteiger partial charge in [0.05, 0.1) is 18.6 Å². The molecular weight excluding hydrogens is 410 g/mol. The summed E-state index contributed by atoms with van der Waals surface area (Å²) in [5, 5.41) is 0. The largest absolute Gasteiger partial charge is 0.361 e. The van der Waals surface area contributed by atoms with Gasteiger partial charge in [-0.3, -0.25) is 0 Å². The number of para-hydroxylation sites is 1. The lowest BCUT2D eigenvalue weighted by atomic mass is 9.97. The molecule has 0 spiro atoms. The Morgan fingerprint density at radius 3 is 2.63 bits per heavy atom. The Balaban J connectivity index is 1.68. The zero-order valence-electron chi connectivity index (χ0n) is 16.9.